The predicted octanol–water partition coefficient (Wildman–Crippen LogP) is 2.40. The standard InChI is InChI=1S/C11H13BrN2O2S/c1-6-10(7(2)15)11(17-13-6)14-5-8(4-12)3-9(14)16/h8H,3-5H2,1-2H3. The minimum atomic E-state index is -0.0265. The summed E-state index contributed by atoms with van der Waals surface area (Å²) in [5, 5.41) is 1.52. The number of nitrogens with zero attached hydrogens (tertiary/aromatic N) is 2. The lowest BCUT2D eigenvalue weighted by atomic mass is 10.1. The summed E-state index contributed by atoms with van der Waals surface area (Å²) in [5.41, 5.74) is 1.31. The number of alkyl halides is 1. The van der Waals surface area contributed by atoms with E-state index >= 15 is 0 Å². The number of aryl methyl sites for hydroxylation is 1. The summed E-state index contributed by atoms with van der Waals surface area (Å²) in [5.74, 6) is 0.381. The van der Waals surface area contributed by atoms with Crippen LogP contribution in [0.15, 0.2) is 0 Å². The fourth-order valence-electron chi connectivity index (χ4n) is 2.03. The first kappa shape index (κ1) is 12.7. The van der Waals surface area contributed by atoms with E-state index in [-0.39, 0.29) is 11.7 Å². The largest absolute Gasteiger partial charge is 0.302 e. The fourth-order valence-corrected chi connectivity index (χ4v) is 3.43. The molecule has 1 aromatic rings. The first-order valence-corrected chi connectivity index (χ1v) is 7.27. The van der Waals surface area contributed by atoms with Crippen molar-refractivity contribution in [1.29, 1.82) is 0 Å². The van der Waals surface area contributed by atoms with Gasteiger partial charge in [0.25, 0.3) is 0 Å². The van der Waals surface area contributed by atoms with Crippen LogP contribution in [-0.4, -0.2) is 27.9 Å². The number of hydrogen-bond donors (Lipinski definition) is 0. The van der Waals surface area contributed by atoms with Gasteiger partial charge >= 0.3 is 0 Å². The zero-order valence-corrected chi connectivity index (χ0v) is 12.1. The second-order valence-electron chi connectivity index (χ2n) is 4.23. The maximum absolute atomic E-state index is 11.9. The van der Waals surface area contributed by atoms with E-state index in [1.54, 1.807) is 11.8 Å². The lowest BCUT2D eigenvalue weighted by molar-refractivity contribution is -0.117. The Hall–Kier alpha value is -0.750. The van der Waals surface area contributed by atoms with Crippen LogP contribution in [0.4, 0.5) is 5.00 Å². The van der Waals surface area contributed by atoms with Crippen LogP contribution in [0.5, 0.6) is 0 Å². The molecule has 2 rings (SSSR count). The van der Waals surface area contributed by atoms with Crippen LogP contribution in [0.3, 0.4) is 0 Å². The maximum atomic E-state index is 11.9. The topological polar surface area (TPSA) is 50.3 Å². The molecule has 1 atom stereocenters. The Kier molecular flexibility index (Phi) is 3.63. The van der Waals surface area contributed by atoms with Crippen LogP contribution < -0.4 is 4.90 Å². The number of anilines is 1. The molecule has 1 saturated heterocycles. The lowest BCUT2D eigenvalue weighted by Crippen LogP contribution is -2.25. The predicted molar refractivity (Wildman–Crippen MR) is 71.1 cm³/mol. The Balaban J connectivity index is 2.35. The number of amides is 1. The zero-order valence-electron chi connectivity index (χ0n) is 9.70. The van der Waals surface area contributed by atoms with E-state index in [1.165, 1.54) is 18.5 Å². The number of carbonyl (C=O) groups is 2. The van der Waals surface area contributed by atoms with E-state index in [1.807, 2.05) is 0 Å². The van der Waals surface area contributed by atoms with Gasteiger partial charge in [-0.1, -0.05) is 15.9 Å². The van der Waals surface area contributed by atoms with Crippen molar-refractivity contribution < 1.29 is 9.59 Å². The number of hydrogen-bond acceptors (Lipinski definition) is 4. The third kappa shape index (κ3) is 2.28. The molecule has 1 aliphatic heterocycles. The Morgan fingerprint density at radius 1 is 1.65 bits per heavy atom. The van der Waals surface area contributed by atoms with Crippen LogP contribution >= 0.6 is 27.5 Å². The van der Waals surface area contributed by atoms with Crippen molar-refractivity contribution in [2.75, 3.05) is 16.8 Å². The van der Waals surface area contributed by atoms with Crippen LogP contribution in [0.2, 0.25) is 0 Å². The minimum absolute atomic E-state index is 0.0265. The molecule has 0 spiro atoms. The van der Waals surface area contributed by atoms with Crippen molar-refractivity contribution in [3.05, 3.63) is 11.3 Å². The molecule has 1 fully saturated rings. The van der Waals surface area contributed by atoms with E-state index in [0.29, 0.717) is 35.1 Å². The van der Waals surface area contributed by atoms with E-state index < -0.39 is 0 Å². The molecule has 6 heteroatoms. The van der Waals surface area contributed by atoms with Gasteiger partial charge < -0.3 is 4.90 Å². The number of halogens is 1. The summed E-state index contributed by atoms with van der Waals surface area (Å²) >= 11 is 4.64. The number of rotatable bonds is 3. The van der Waals surface area contributed by atoms with Crippen molar-refractivity contribution in [2.45, 2.75) is 20.3 Å². The summed E-state index contributed by atoms with van der Waals surface area (Å²) in [6, 6.07) is 0. The Labute approximate surface area is 112 Å². The molecule has 0 radical (unpaired) electrons. The normalized spacial score (nSPS) is 20.1. The summed E-state index contributed by atoms with van der Waals surface area (Å²) in [7, 11) is 0. The number of ketones is 1. The molecule has 0 aromatic carbocycles. The zero-order chi connectivity index (χ0) is 12.6. The van der Waals surface area contributed by atoms with E-state index in [4.69, 9.17) is 0 Å². The average Bonchev–Trinajstić information content (AvgIpc) is 2.81. The molecule has 1 unspecified atom stereocenters. The van der Waals surface area contributed by atoms with Gasteiger partial charge in [-0.15, -0.1) is 0 Å². The molecule has 1 aliphatic rings. The molecule has 1 amide bonds. The number of aromatic nitrogens is 1. The van der Waals surface area contributed by atoms with Gasteiger partial charge in [0.05, 0.1) is 11.3 Å². The van der Waals surface area contributed by atoms with Gasteiger partial charge in [0.15, 0.2) is 5.78 Å². The molecule has 1 aromatic heterocycles. The third-order valence-corrected chi connectivity index (χ3v) is 4.74. The Morgan fingerprint density at radius 3 is 2.88 bits per heavy atom. The molecule has 17 heavy (non-hydrogen) atoms. The Morgan fingerprint density at radius 2 is 2.35 bits per heavy atom. The van der Waals surface area contributed by atoms with Crippen molar-refractivity contribution in [3.8, 4) is 0 Å². The fraction of sp³-hybridized carbons (Fsp3) is 0.545. The molecule has 0 aliphatic carbocycles. The highest BCUT2D eigenvalue weighted by atomic mass is 79.9. The van der Waals surface area contributed by atoms with Gasteiger partial charge in [-0.05, 0) is 31.3 Å². The summed E-state index contributed by atoms with van der Waals surface area (Å²) in [6.07, 6.45) is 0.541. The highest BCUT2D eigenvalue weighted by molar-refractivity contribution is 9.09. The summed E-state index contributed by atoms with van der Waals surface area (Å²) in [4.78, 5) is 25.2. The minimum Gasteiger partial charge on any atom is -0.302 e. The van der Waals surface area contributed by atoms with E-state index in [0.717, 1.165) is 5.33 Å². The van der Waals surface area contributed by atoms with Gasteiger partial charge in [0, 0.05) is 18.3 Å². The summed E-state index contributed by atoms with van der Waals surface area (Å²) in [6.45, 7) is 3.99. The second-order valence-corrected chi connectivity index (χ2v) is 5.63. The summed E-state index contributed by atoms with van der Waals surface area (Å²) < 4.78 is 4.18. The van der Waals surface area contributed by atoms with Gasteiger partial charge in [-0.2, -0.15) is 4.37 Å². The van der Waals surface area contributed by atoms with Crippen molar-refractivity contribution in [3.63, 3.8) is 0 Å². The van der Waals surface area contributed by atoms with Crippen LogP contribution in [0.1, 0.15) is 29.4 Å². The van der Waals surface area contributed by atoms with Gasteiger partial charge in [0.2, 0.25) is 5.91 Å². The molecule has 0 bridgehead atoms. The molecule has 0 saturated carbocycles. The van der Waals surface area contributed by atoms with Gasteiger partial charge in [-0.25, -0.2) is 0 Å². The number of carbonyl (C=O) groups excluding carboxylic acids is 2. The van der Waals surface area contributed by atoms with E-state index in [2.05, 4.69) is 20.3 Å². The number of Topliss-reactive ketones (excluding diaryl/α,β-unsaturated/α-hetero) is 1. The molecular formula is C11H13BrN2O2S. The maximum Gasteiger partial charge on any atom is 0.228 e. The van der Waals surface area contributed by atoms with E-state index in [9.17, 15) is 9.59 Å². The van der Waals surface area contributed by atoms with Crippen LogP contribution in [-0.2, 0) is 4.79 Å². The van der Waals surface area contributed by atoms with Gasteiger partial charge in [-0.3, -0.25) is 9.59 Å². The average molecular weight is 317 g/mol. The molecular weight excluding hydrogens is 304 g/mol. The third-order valence-electron chi connectivity index (χ3n) is 2.87. The highest BCUT2D eigenvalue weighted by Gasteiger charge is 2.33. The van der Waals surface area contributed by atoms with Crippen molar-refractivity contribution in [2.24, 2.45) is 5.92 Å². The molecule has 4 nitrogen and oxygen atoms in total. The van der Waals surface area contributed by atoms with Crippen LogP contribution in [0.25, 0.3) is 0 Å². The van der Waals surface area contributed by atoms with Crippen molar-refractivity contribution in [1.82, 2.24) is 4.37 Å². The molecule has 0 N–H and O–H groups in total. The first-order valence-electron chi connectivity index (χ1n) is 5.38. The molecule has 92 valence electrons. The smallest absolute Gasteiger partial charge is 0.228 e. The monoisotopic (exact) mass is 316 g/mol. The Bertz CT molecular complexity index is 472. The SMILES string of the molecule is CC(=O)c1c(C)nsc1N1CC(CBr)CC1=O. The quantitative estimate of drug-likeness (QED) is 0.635. The molecule has 2 heterocycles. The first-order chi connectivity index (χ1) is 8.04. The lowest BCUT2D eigenvalue weighted by Gasteiger charge is -2.14. The van der Waals surface area contributed by atoms with Crippen LogP contribution in [0, 0.1) is 12.8 Å². The second kappa shape index (κ2) is 4.86. The van der Waals surface area contributed by atoms with Crippen molar-refractivity contribution >= 4 is 44.2 Å². The van der Waals surface area contributed by atoms with Gasteiger partial charge in [0.1, 0.15) is 5.00 Å². The highest BCUT2D eigenvalue weighted by Crippen LogP contribution is 2.34.